The summed E-state index contributed by atoms with van der Waals surface area (Å²) in [5, 5.41) is 11.7. The number of carbonyl (C=O) groups excluding carboxylic acids is 1. The average Bonchev–Trinajstić information content (AvgIpc) is 2.95. The van der Waals surface area contributed by atoms with Crippen molar-refractivity contribution in [3.8, 4) is 0 Å². The number of nitrogens with one attached hydrogen (secondary N) is 1. The van der Waals surface area contributed by atoms with Crippen molar-refractivity contribution in [3.63, 3.8) is 0 Å². The van der Waals surface area contributed by atoms with E-state index in [1.807, 2.05) is 0 Å². The molecule has 0 unspecified atom stereocenters. The summed E-state index contributed by atoms with van der Waals surface area (Å²) in [6.45, 7) is 3.74. The third-order valence-corrected chi connectivity index (χ3v) is 4.73. The van der Waals surface area contributed by atoms with Gasteiger partial charge in [-0.1, -0.05) is 6.42 Å². The first-order valence-electron chi connectivity index (χ1n) is 7.46. The molecule has 21 heavy (non-hydrogen) atoms. The van der Waals surface area contributed by atoms with Crippen LogP contribution in [-0.4, -0.2) is 41.5 Å². The SMILES string of the molecule is O=C(CCCN1CCCCC1)NCc1ccc(C(=O)O)s1. The maximum absolute atomic E-state index is 11.8. The van der Waals surface area contributed by atoms with E-state index in [1.54, 1.807) is 12.1 Å². The number of carboxylic acids is 1. The number of aromatic carboxylic acids is 1. The molecule has 1 saturated heterocycles. The van der Waals surface area contributed by atoms with E-state index in [9.17, 15) is 9.59 Å². The van der Waals surface area contributed by atoms with E-state index in [1.165, 1.54) is 30.6 Å². The van der Waals surface area contributed by atoms with Crippen LogP contribution < -0.4 is 5.32 Å². The van der Waals surface area contributed by atoms with Gasteiger partial charge in [0.05, 0.1) is 6.54 Å². The summed E-state index contributed by atoms with van der Waals surface area (Å²) in [6, 6.07) is 3.33. The molecular weight excluding hydrogens is 288 g/mol. The number of rotatable bonds is 7. The normalized spacial score (nSPS) is 15.8. The minimum absolute atomic E-state index is 0.0392. The summed E-state index contributed by atoms with van der Waals surface area (Å²) in [7, 11) is 0. The summed E-state index contributed by atoms with van der Waals surface area (Å²) >= 11 is 1.21. The molecule has 2 heterocycles. The zero-order valence-electron chi connectivity index (χ0n) is 12.1. The zero-order valence-corrected chi connectivity index (χ0v) is 13.0. The fraction of sp³-hybridized carbons (Fsp3) is 0.600. The Morgan fingerprint density at radius 1 is 1.24 bits per heavy atom. The summed E-state index contributed by atoms with van der Waals surface area (Å²) in [4.78, 5) is 26.1. The maximum atomic E-state index is 11.8. The monoisotopic (exact) mass is 310 g/mol. The first-order chi connectivity index (χ1) is 10.1. The number of likely N-dealkylation sites (tertiary alicyclic amines) is 1. The number of hydrogen-bond acceptors (Lipinski definition) is 4. The third-order valence-electron chi connectivity index (χ3n) is 3.66. The van der Waals surface area contributed by atoms with Crippen LogP contribution in [-0.2, 0) is 11.3 Å². The third kappa shape index (κ3) is 5.47. The predicted octanol–water partition coefficient (Wildman–Crippen LogP) is 2.33. The lowest BCUT2D eigenvalue weighted by Gasteiger charge is -2.26. The van der Waals surface area contributed by atoms with Crippen LogP contribution in [0.3, 0.4) is 0 Å². The van der Waals surface area contributed by atoms with Crippen LogP contribution in [0.15, 0.2) is 12.1 Å². The van der Waals surface area contributed by atoms with Crippen LogP contribution in [0.4, 0.5) is 0 Å². The summed E-state index contributed by atoms with van der Waals surface area (Å²) in [5.41, 5.74) is 0. The van der Waals surface area contributed by atoms with Gasteiger partial charge in [0.1, 0.15) is 4.88 Å². The smallest absolute Gasteiger partial charge is 0.345 e. The van der Waals surface area contributed by atoms with Crippen molar-refractivity contribution in [2.75, 3.05) is 19.6 Å². The quantitative estimate of drug-likeness (QED) is 0.811. The molecular formula is C15H22N2O3S. The maximum Gasteiger partial charge on any atom is 0.345 e. The fourth-order valence-corrected chi connectivity index (χ4v) is 3.29. The van der Waals surface area contributed by atoms with Crippen LogP contribution in [0.2, 0.25) is 0 Å². The second-order valence-electron chi connectivity index (χ2n) is 5.35. The molecule has 5 nitrogen and oxygen atoms in total. The highest BCUT2D eigenvalue weighted by atomic mass is 32.1. The molecule has 1 aromatic rings. The van der Waals surface area contributed by atoms with Gasteiger partial charge in [-0.15, -0.1) is 11.3 Å². The Kier molecular flexibility index (Phi) is 6.20. The van der Waals surface area contributed by atoms with Gasteiger partial charge in [-0.3, -0.25) is 4.79 Å². The van der Waals surface area contributed by atoms with E-state index in [0.717, 1.165) is 30.9 Å². The molecule has 0 aromatic carbocycles. The molecule has 1 aliphatic rings. The van der Waals surface area contributed by atoms with Gasteiger partial charge in [0.25, 0.3) is 0 Å². The van der Waals surface area contributed by atoms with Crippen molar-refractivity contribution in [1.82, 2.24) is 10.2 Å². The zero-order chi connectivity index (χ0) is 15.1. The van der Waals surface area contributed by atoms with Gasteiger partial charge in [0.2, 0.25) is 5.91 Å². The minimum Gasteiger partial charge on any atom is -0.477 e. The Morgan fingerprint density at radius 3 is 2.67 bits per heavy atom. The number of thiophene rings is 1. The van der Waals surface area contributed by atoms with Crippen molar-refractivity contribution in [1.29, 1.82) is 0 Å². The Balaban J connectivity index is 1.61. The highest BCUT2D eigenvalue weighted by Crippen LogP contribution is 2.16. The van der Waals surface area contributed by atoms with Gasteiger partial charge in [-0.05, 0) is 51.0 Å². The van der Waals surface area contributed by atoms with E-state index < -0.39 is 5.97 Å². The average molecular weight is 310 g/mol. The second-order valence-corrected chi connectivity index (χ2v) is 6.52. The van der Waals surface area contributed by atoms with Gasteiger partial charge >= 0.3 is 5.97 Å². The van der Waals surface area contributed by atoms with Crippen LogP contribution >= 0.6 is 11.3 Å². The molecule has 0 saturated carbocycles. The van der Waals surface area contributed by atoms with Gasteiger partial charge in [0, 0.05) is 11.3 Å². The fourth-order valence-electron chi connectivity index (χ4n) is 2.51. The van der Waals surface area contributed by atoms with Crippen molar-refractivity contribution in [2.45, 2.75) is 38.6 Å². The summed E-state index contributed by atoms with van der Waals surface area (Å²) in [5.74, 6) is -0.878. The van der Waals surface area contributed by atoms with E-state index in [4.69, 9.17) is 5.11 Å². The molecule has 0 spiro atoms. The van der Waals surface area contributed by atoms with Crippen LogP contribution in [0.1, 0.15) is 46.7 Å². The van der Waals surface area contributed by atoms with E-state index in [2.05, 4.69) is 10.2 Å². The van der Waals surface area contributed by atoms with E-state index in [-0.39, 0.29) is 5.91 Å². The topological polar surface area (TPSA) is 69.6 Å². The molecule has 2 N–H and O–H groups in total. The Hall–Kier alpha value is -1.40. The summed E-state index contributed by atoms with van der Waals surface area (Å²) in [6.07, 6.45) is 5.30. The number of hydrogen-bond donors (Lipinski definition) is 2. The molecule has 1 fully saturated rings. The van der Waals surface area contributed by atoms with Gasteiger partial charge < -0.3 is 15.3 Å². The molecule has 0 bridgehead atoms. The molecule has 0 atom stereocenters. The molecule has 0 aliphatic carbocycles. The van der Waals surface area contributed by atoms with E-state index >= 15 is 0 Å². The Bertz CT molecular complexity index is 481. The standard InChI is InChI=1S/C15H22N2O3S/c18-14(5-4-10-17-8-2-1-3-9-17)16-11-12-6-7-13(21-12)15(19)20/h6-7H,1-5,8-11H2,(H,16,18)(H,19,20). The van der Waals surface area contributed by atoms with Crippen molar-refractivity contribution < 1.29 is 14.7 Å². The van der Waals surface area contributed by atoms with Gasteiger partial charge in [-0.25, -0.2) is 4.79 Å². The Labute approximate surface area is 129 Å². The number of piperidine rings is 1. The van der Waals surface area contributed by atoms with Gasteiger partial charge in [-0.2, -0.15) is 0 Å². The molecule has 6 heteroatoms. The molecule has 1 aliphatic heterocycles. The molecule has 2 rings (SSSR count). The van der Waals surface area contributed by atoms with Crippen LogP contribution in [0.5, 0.6) is 0 Å². The van der Waals surface area contributed by atoms with E-state index in [0.29, 0.717) is 17.8 Å². The van der Waals surface area contributed by atoms with Crippen LogP contribution in [0.25, 0.3) is 0 Å². The molecule has 1 amide bonds. The highest BCUT2D eigenvalue weighted by Gasteiger charge is 2.11. The number of carboxylic acid groups (broad SMARTS) is 1. The molecule has 116 valence electrons. The highest BCUT2D eigenvalue weighted by molar-refractivity contribution is 7.13. The summed E-state index contributed by atoms with van der Waals surface area (Å²) < 4.78 is 0. The lowest BCUT2D eigenvalue weighted by molar-refractivity contribution is -0.121. The molecule has 0 radical (unpaired) electrons. The number of nitrogens with zero attached hydrogens (tertiary/aromatic N) is 1. The number of carbonyl (C=O) groups is 2. The number of amides is 1. The van der Waals surface area contributed by atoms with Crippen molar-refractivity contribution >= 4 is 23.2 Å². The lowest BCUT2D eigenvalue weighted by Crippen LogP contribution is -2.31. The second kappa shape index (κ2) is 8.14. The first kappa shape index (κ1) is 16.0. The largest absolute Gasteiger partial charge is 0.477 e. The Morgan fingerprint density at radius 2 is 2.00 bits per heavy atom. The van der Waals surface area contributed by atoms with Gasteiger partial charge in [0.15, 0.2) is 0 Å². The van der Waals surface area contributed by atoms with Crippen LogP contribution in [0, 0.1) is 0 Å². The first-order valence-corrected chi connectivity index (χ1v) is 8.28. The lowest BCUT2D eigenvalue weighted by atomic mass is 10.1. The van der Waals surface area contributed by atoms with Crippen molar-refractivity contribution in [2.24, 2.45) is 0 Å². The minimum atomic E-state index is -0.917. The molecule has 1 aromatic heterocycles. The predicted molar refractivity (Wildman–Crippen MR) is 82.7 cm³/mol. The van der Waals surface area contributed by atoms with Crippen molar-refractivity contribution in [3.05, 3.63) is 21.9 Å².